The number of hydrogen-bond donors (Lipinski definition) is 1. The lowest BCUT2D eigenvalue weighted by Crippen LogP contribution is -2.31. The highest BCUT2D eigenvalue weighted by atomic mass is 32.2. The summed E-state index contributed by atoms with van der Waals surface area (Å²) in [7, 11) is 2.53. The quantitative estimate of drug-likeness (QED) is 0.649. The van der Waals surface area contributed by atoms with E-state index < -0.39 is 10.0 Å². The Balaban J connectivity index is 2.01. The van der Waals surface area contributed by atoms with Crippen LogP contribution in [0.2, 0.25) is 0 Å². The fraction of sp³-hybridized carbons (Fsp3) is 0.381. The molecule has 0 aliphatic carbocycles. The van der Waals surface area contributed by atoms with E-state index in [1.807, 2.05) is 13.0 Å². The number of methoxy groups -OCH3 is 2. The van der Waals surface area contributed by atoms with E-state index >= 15 is 0 Å². The zero-order valence-electron chi connectivity index (χ0n) is 18.1. The van der Waals surface area contributed by atoms with Crippen molar-refractivity contribution < 1.29 is 27.4 Å². The van der Waals surface area contributed by atoms with Crippen molar-refractivity contribution in [3.8, 4) is 17.2 Å². The van der Waals surface area contributed by atoms with Crippen molar-refractivity contribution in [2.24, 2.45) is 0 Å². The third-order valence-electron chi connectivity index (χ3n) is 4.57. The van der Waals surface area contributed by atoms with Gasteiger partial charge < -0.3 is 19.5 Å². The number of nitrogens with one attached hydrogen (secondary N) is 1. The average molecular weight is 437 g/mol. The summed E-state index contributed by atoms with van der Waals surface area (Å²) in [4.78, 5) is 12.5. The van der Waals surface area contributed by atoms with Gasteiger partial charge in [0.25, 0.3) is 5.91 Å². The maximum atomic E-state index is 12.3. The van der Waals surface area contributed by atoms with Crippen molar-refractivity contribution in [3.63, 3.8) is 0 Å². The lowest BCUT2D eigenvalue weighted by atomic mass is 10.1. The number of sulfonamides is 1. The minimum absolute atomic E-state index is 0.170. The van der Waals surface area contributed by atoms with Crippen molar-refractivity contribution >= 4 is 15.9 Å². The number of benzene rings is 2. The molecule has 2 rings (SSSR count). The molecule has 0 radical (unpaired) electrons. The first-order chi connectivity index (χ1) is 14.1. The molecular weight excluding hydrogens is 408 g/mol. The Morgan fingerprint density at radius 1 is 1.03 bits per heavy atom. The van der Waals surface area contributed by atoms with Gasteiger partial charge in [0.15, 0.2) is 18.1 Å². The fourth-order valence-electron chi connectivity index (χ4n) is 2.79. The molecule has 1 atom stereocenters. The highest BCUT2D eigenvalue weighted by Crippen LogP contribution is 2.30. The Hall–Kier alpha value is -2.78. The Kier molecular flexibility index (Phi) is 7.69. The minimum atomic E-state index is -3.53. The Labute approximate surface area is 177 Å². The van der Waals surface area contributed by atoms with Gasteiger partial charge in [-0.1, -0.05) is 6.07 Å². The predicted octanol–water partition coefficient (Wildman–Crippen LogP) is 2.52. The lowest BCUT2D eigenvalue weighted by molar-refractivity contribution is -0.123. The highest BCUT2D eigenvalue weighted by molar-refractivity contribution is 7.89. The van der Waals surface area contributed by atoms with Crippen molar-refractivity contribution in [2.75, 3.05) is 34.9 Å². The first-order valence-electron chi connectivity index (χ1n) is 9.27. The molecular formula is C21H28N2O6S. The maximum absolute atomic E-state index is 12.3. The molecule has 8 nitrogen and oxygen atoms in total. The largest absolute Gasteiger partial charge is 0.493 e. The van der Waals surface area contributed by atoms with Gasteiger partial charge in [-0.3, -0.25) is 4.79 Å². The van der Waals surface area contributed by atoms with Crippen molar-refractivity contribution in [2.45, 2.75) is 24.8 Å². The van der Waals surface area contributed by atoms with Crippen molar-refractivity contribution in [1.29, 1.82) is 0 Å². The summed E-state index contributed by atoms with van der Waals surface area (Å²) in [6.07, 6.45) is 0. The summed E-state index contributed by atoms with van der Waals surface area (Å²) in [5.41, 5.74) is 1.48. The normalized spacial score (nSPS) is 12.4. The minimum Gasteiger partial charge on any atom is -0.493 e. The van der Waals surface area contributed by atoms with E-state index in [1.165, 1.54) is 26.2 Å². The van der Waals surface area contributed by atoms with Crippen LogP contribution in [0, 0.1) is 6.92 Å². The molecule has 0 bridgehead atoms. The summed E-state index contributed by atoms with van der Waals surface area (Å²) < 4.78 is 41.7. The Morgan fingerprint density at radius 3 is 2.23 bits per heavy atom. The van der Waals surface area contributed by atoms with Gasteiger partial charge in [0.1, 0.15) is 5.75 Å². The second kappa shape index (κ2) is 9.82. The van der Waals surface area contributed by atoms with Crippen LogP contribution < -0.4 is 19.5 Å². The van der Waals surface area contributed by atoms with Gasteiger partial charge in [0, 0.05) is 14.1 Å². The molecule has 0 saturated heterocycles. The number of amides is 1. The van der Waals surface area contributed by atoms with Gasteiger partial charge >= 0.3 is 0 Å². The second-order valence-corrected chi connectivity index (χ2v) is 9.06. The van der Waals surface area contributed by atoms with Gasteiger partial charge in [0.2, 0.25) is 10.0 Å². The summed E-state index contributed by atoms with van der Waals surface area (Å²) in [5, 5.41) is 2.86. The number of hydrogen-bond acceptors (Lipinski definition) is 6. The van der Waals surface area contributed by atoms with E-state index in [0.29, 0.717) is 22.8 Å². The molecule has 1 unspecified atom stereocenters. The van der Waals surface area contributed by atoms with Crippen LogP contribution in [0.15, 0.2) is 41.3 Å². The summed E-state index contributed by atoms with van der Waals surface area (Å²) in [6, 6.07) is 9.70. The third kappa shape index (κ3) is 5.43. The van der Waals surface area contributed by atoms with Gasteiger partial charge in [-0.05, 0) is 55.3 Å². The van der Waals surface area contributed by atoms with Crippen LogP contribution in [0.1, 0.15) is 24.1 Å². The molecule has 0 heterocycles. The molecule has 30 heavy (non-hydrogen) atoms. The zero-order valence-corrected chi connectivity index (χ0v) is 18.9. The lowest BCUT2D eigenvalue weighted by Gasteiger charge is -2.17. The maximum Gasteiger partial charge on any atom is 0.258 e. The molecule has 2 aromatic carbocycles. The zero-order chi connectivity index (χ0) is 22.5. The number of ether oxygens (including phenoxy) is 3. The predicted molar refractivity (Wildman–Crippen MR) is 114 cm³/mol. The molecule has 0 fully saturated rings. The third-order valence-corrected chi connectivity index (χ3v) is 6.38. The average Bonchev–Trinajstić information content (AvgIpc) is 2.71. The summed E-state index contributed by atoms with van der Waals surface area (Å²) in [5.74, 6) is 1.33. The topological polar surface area (TPSA) is 94.2 Å². The molecule has 0 aliphatic heterocycles. The van der Waals surface area contributed by atoms with Crippen LogP contribution in [0.5, 0.6) is 17.2 Å². The van der Waals surface area contributed by atoms with Crippen molar-refractivity contribution in [3.05, 3.63) is 47.5 Å². The smallest absolute Gasteiger partial charge is 0.258 e. The molecule has 2 aromatic rings. The summed E-state index contributed by atoms with van der Waals surface area (Å²) in [6.45, 7) is 3.39. The van der Waals surface area contributed by atoms with Crippen LogP contribution in [-0.2, 0) is 14.8 Å². The van der Waals surface area contributed by atoms with E-state index in [-0.39, 0.29) is 23.5 Å². The molecule has 164 valence electrons. The number of nitrogens with zero attached hydrogens (tertiary/aromatic N) is 1. The molecule has 0 aromatic heterocycles. The highest BCUT2D eigenvalue weighted by Gasteiger charge is 2.19. The number of rotatable bonds is 9. The number of aryl methyl sites for hydroxylation is 1. The van der Waals surface area contributed by atoms with Crippen LogP contribution in [0.4, 0.5) is 0 Å². The van der Waals surface area contributed by atoms with E-state index in [4.69, 9.17) is 14.2 Å². The van der Waals surface area contributed by atoms with E-state index in [9.17, 15) is 13.2 Å². The summed E-state index contributed by atoms with van der Waals surface area (Å²) >= 11 is 0. The van der Waals surface area contributed by atoms with E-state index in [0.717, 1.165) is 9.87 Å². The van der Waals surface area contributed by atoms with Crippen LogP contribution >= 0.6 is 0 Å². The molecule has 9 heteroatoms. The van der Waals surface area contributed by atoms with E-state index in [2.05, 4.69) is 5.32 Å². The van der Waals surface area contributed by atoms with Gasteiger partial charge in [-0.25, -0.2) is 12.7 Å². The molecule has 1 N–H and O–H groups in total. The number of carbonyl (C=O) groups excluding carboxylic acids is 1. The Bertz CT molecular complexity index is 1000. The van der Waals surface area contributed by atoms with Crippen LogP contribution in [0.25, 0.3) is 0 Å². The second-order valence-electron chi connectivity index (χ2n) is 6.91. The first kappa shape index (κ1) is 23.5. The van der Waals surface area contributed by atoms with Crippen LogP contribution in [-0.4, -0.2) is 53.6 Å². The SMILES string of the molecule is COc1ccc(C(C)NC(=O)COc2ccc(S(=O)(=O)N(C)C)cc2C)cc1OC. The standard InChI is InChI=1S/C21H28N2O6S/c1-14-11-17(30(25,26)23(3)4)8-10-18(14)29-13-21(24)22-15(2)16-7-9-19(27-5)20(12-16)28-6/h7-12,15H,13H2,1-6H3,(H,22,24). The monoisotopic (exact) mass is 436 g/mol. The van der Waals surface area contributed by atoms with Gasteiger partial charge in [0.05, 0.1) is 25.2 Å². The van der Waals surface area contributed by atoms with Gasteiger partial charge in [-0.2, -0.15) is 0 Å². The van der Waals surface area contributed by atoms with Gasteiger partial charge in [-0.15, -0.1) is 0 Å². The molecule has 0 aliphatic rings. The molecule has 0 spiro atoms. The first-order valence-corrected chi connectivity index (χ1v) is 10.7. The Morgan fingerprint density at radius 2 is 1.67 bits per heavy atom. The van der Waals surface area contributed by atoms with E-state index in [1.54, 1.807) is 39.3 Å². The van der Waals surface area contributed by atoms with Crippen molar-refractivity contribution in [1.82, 2.24) is 9.62 Å². The fourth-order valence-corrected chi connectivity index (χ4v) is 3.77. The molecule has 1 amide bonds. The van der Waals surface area contributed by atoms with Crippen LogP contribution in [0.3, 0.4) is 0 Å². The molecule has 0 saturated carbocycles. The number of carbonyl (C=O) groups is 1.